The number of hydrogen-bond acceptors (Lipinski definition) is 4. The topological polar surface area (TPSA) is 80.3 Å². The van der Waals surface area contributed by atoms with Crippen molar-refractivity contribution in [3.8, 4) is 5.69 Å². The molecule has 4 rings (SSSR count). The highest BCUT2D eigenvalue weighted by atomic mass is 16.3. The van der Waals surface area contributed by atoms with Crippen LogP contribution in [0.5, 0.6) is 0 Å². The maximum absolute atomic E-state index is 13.2. The second-order valence-corrected chi connectivity index (χ2v) is 8.23. The van der Waals surface area contributed by atoms with Gasteiger partial charge in [-0.25, -0.2) is 4.79 Å². The van der Waals surface area contributed by atoms with Gasteiger partial charge in [0.05, 0.1) is 5.69 Å². The second-order valence-electron chi connectivity index (χ2n) is 8.23. The normalized spacial score (nSPS) is 15.4. The van der Waals surface area contributed by atoms with Crippen LogP contribution in [0.1, 0.15) is 36.1 Å². The first kappa shape index (κ1) is 21.1. The van der Waals surface area contributed by atoms with Gasteiger partial charge in [-0.05, 0) is 64.0 Å². The molecule has 0 unspecified atom stereocenters. The maximum Gasteiger partial charge on any atom is 0.406 e. The van der Waals surface area contributed by atoms with Crippen LogP contribution in [-0.2, 0) is 6.54 Å². The average Bonchev–Trinajstić information content (AvgIpc) is 3.11. The number of likely N-dealkylation sites (tertiary alicyclic amines) is 1. The van der Waals surface area contributed by atoms with Crippen LogP contribution in [0.25, 0.3) is 5.69 Å². The monoisotopic (exact) mass is 419 g/mol. The molecule has 31 heavy (non-hydrogen) atoms. The van der Waals surface area contributed by atoms with Gasteiger partial charge in [-0.2, -0.15) is 4.68 Å². The van der Waals surface area contributed by atoms with Gasteiger partial charge in [0.1, 0.15) is 6.54 Å². The van der Waals surface area contributed by atoms with Crippen LogP contribution in [-0.4, -0.2) is 40.3 Å². The summed E-state index contributed by atoms with van der Waals surface area (Å²) in [5, 5.41) is 16.2. The van der Waals surface area contributed by atoms with E-state index in [1.165, 1.54) is 23.9 Å². The van der Waals surface area contributed by atoms with Crippen LogP contribution in [0.2, 0.25) is 0 Å². The summed E-state index contributed by atoms with van der Waals surface area (Å²) in [6, 6.07) is 15.0. The minimum Gasteiger partial charge on any atom is -0.855 e. The van der Waals surface area contributed by atoms with Crippen molar-refractivity contribution >= 4 is 11.6 Å². The first-order valence-electron chi connectivity index (χ1n) is 10.9. The van der Waals surface area contributed by atoms with E-state index in [4.69, 9.17) is 0 Å². The molecule has 0 amide bonds. The van der Waals surface area contributed by atoms with E-state index in [1.807, 2.05) is 50.2 Å². The Bertz CT molecular complexity index is 1100. The fourth-order valence-electron chi connectivity index (χ4n) is 3.89. The van der Waals surface area contributed by atoms with Crippen molar-refractivity contribution < 1.29 is 9.79 Å². The number of benzene rings is 2. The number of hydrogen-bond donors (Lipinski definition) is 1. The molecule has 3 aromatic rings. The summed E-state index contributed by atoms with van der Waals surface area (Å²) in [7, 11) is 0. The SMILES string of the molecule is Cc1ccc(N=C([O-])c2c(=O)n(-c3ccc(C)cc3)[nH][n+]2CCN2CCCCC2)cc1. The summed E-state index contributed by atoms with van der Waals surface area (Å²) >= 11 is 0. The Labute approximate surface area is 182 Å². The maximum atomic E-state index is 13.2. The molecule has 2 aromatic carbocycles. The number of H-pyrrole nitrogens is 1. The zero-order chi connectivity index (χ0) is 21.8. The van der Waals surface area contributed by atoms with Gasteiger partial charge in [0.25, 0.3) is 0 Å². The van der Waals surface area contributed by atoms with Crippen LogP contribution in [0.3, 0.4) is 0 Å². The Kier molecular flexibility index (Phi) is 6.32. The highest BCUT2D eigenvalue weighted by Crippen LogP contribution is 2.13. The molecule has 0 spiro atoms. The van der Waals surface area contributed by atoms with Gasteiger partial charge in [-0.15, -0.1) is 0 Å². The van der Waals surface area contributed by atoms with E-state index in [2.05, 4.69) is 15.1 Å². The molecule has 2 heterocycles. The largest absolute Gasteiger partial charge is 0.855 e. The summed E-state index contributed by atoms with van der Waals surface area (Å²) in [6.45, 7) is 7.39. The zero-order valence-corrected chi connectivity index (χ0v) is 18.2. The van der Waals surface area contributed by atoms with Crippen LogP contribution >= 0.6 is 0 Å². The molecule has 1 saturated heterocycles. The Morgan fingerprint density at radius 1 is 1.00 bits per heavy atom. The van der Waals surface area contributed by atoms with Gasteiger partial charge < -0.3 is 5.11 Å². The fourth-order valence-corrected chi connectivity index (χ4v) is 3.89. The van der Waals surface area contributed by atoms with E-state index in [9.17, 15) is 9.90 Å². The van der Waals surface area contributed by atoms with Crippen molar-refractivity contribution in [3.63, 3.8) is 0 Å². The summed E-state index contributed by atoms with van der Waals surface area (Å²) in [5.74, 6) is -0.533. The third kappa shape index (κ3) is 4.94. The molecular formula is C24H29N5O2. The predicted octanol–water partition coefficient (Wildman–Crippen LogP) is 1.99. The Morgan fingerprint density at radius 2 is 1.61 bits per heavy atom. The summed E-state index contributed by atoms with van der Waals surface area (Å²) in [5.41, 5.74) is 3.09. The van der Waals surface area contributed by atoms with Crippen molar-refractivity contribution in [2.45, 2.75) is 39.7 Å². The van der Waals surface area contributed by atoms with Gasteiger partial charge >= 0.3 is 5.56 Å². The predicted molar refractivity (Wildman–Crippen MR) is 119 cm³/mol. The number of piperidine rings is 1. The minimum atomic E-state index is -0.533. The Morgan fingerprint density at radius 3 is 2.26 bits per heavy atom. The number of nitrogens with zero attached hydrogens (tertiary/aromatic N) is 4. The second kappa shape index (κ2) is 9.31. The molecule has 0 aliphatic carbocycles. The molecule has 1 aliphatic rings. The van der Waals surface area contributed by atoms with Crippen molar-refractivity contribution in [3.05, 3.63) is 75.7 Å². The molecule has 0 atom stereocenters. The molecule has 1 N–H and O–H groups in total. The van der Waals surface area contributed by atoms with Gasteiger partial charge in [0.2, 0.25) is 5.69 Å². The molecule has 1 fully saturated rings. The van der Waals surface area contributed by atoms with Crippen molar-refractivity contribution in [1.82, 2.24) is 14.8 Å². The van der Waals surface area contributed by atoms with E-state index >= 15 is 0 Å². The van der Waals surface area contributed by atoms with Crippen molar-refractivity contribution in [2.75, 3.05) is 19.6 Å². The Balaban J connectivity index is 1.70. The lowest BCUT2D eigenvalue weighted by atomic mass is 10.1. The highest BCUT2D eigenvalue weighted by Gasteiger charge is 2.24. The third-order valence-corrected chi connectivity index (χ3v) is 5.74. The lowest BCUT2D eigenvalue weighted by molar-refractivity contribution is -0.756. The van der Waals surface area contributed by atoms with Gasteiger partial charge in [-0.1, -0.05) is 51.7 Å². The number of aliphatic imine (C=N–C) groups is 1. The quantitative estimate of drug-likeness (QED) is 0.377. The molecule has 7 nitrogen and oxygen atoms in total. The molecule has 1 aromatic heterocycles. The highest BCUT2D eigenvalue weighted by molar-refractivity contribution is 5.88. The van der Waals surface area contributed by atoms with Crippen LogP contribution in [0, 0.1) is 13.8 Å². The number of nitrogens with one attached hydrogen (secondary N) is 1. The smallest absolute Gasteiger partial charge is 0.406 e. The Hall–Kier alpha value is -3.19. The van der Waals surface area contributed by atoms with E-state index in [0.29, 0.717) is 17.9 Å². The summed E-state index contributed by atoms with van der Waals surface area (Å²) in [4.78, 5) is 19.8. The van der Waals surface area contributed by atoms with E-state index in [-0.39, 0.29) is 11.3 Å². The van der Waals surface area contributed by atoms with Crippen molar-refractivity contribution in [1.29, 1.82) is 0 Å². The molecule has 162 valence electrons. The number of aromatic nitrogens is 3. The van der Waals surface area contributed by atoms with E-state index < -0.39 is 5.90 Å². The molecular weight excluding hydrogens is 390 g/mol. The van der Waals surface area contributed by atoms with Crippen LogP contribution in [0.4, 0.5) is 5.69 Å². The molecule has 1 aliphatic heterocycles. The molecule has 7 heteroatoms. The number of aryl methyl sites for hydroxylation is 2. The first-order valence-corrected chi connectivity index (χ1v) is 10.9. The minimum absolute atomic E-state index is 0.0539. The van der Waals surface area contributed by atoms with Gasteiger partial charge in [0, 0.05) is 12.4 Å². The standard InChI is InChI=1S/C24H29N5O2/c1-18-6-10-20(11-7-18)25-23(30)22-24(31)29(21-12-8-19(2)9-13-21)26-28(22)17-16-27-14-4-3-5-15-27/h6-13H,3-5,14-17H2,1-2H3,(H-,25,26,30,31). The van der Waals surface area contributed by atoms with Crippen molar-refractivity contribution in [2.24, 2.45) is 4.99 Å². The van der Waals surface area contributed by atoms with Crippen LogP contribution < -0.4 is 15.3 Å². The average molecular weight is 420 g/mol. The summed E-state index contributed by atoms with van der Waals surface area (Å²) in [6.07, 6.45) is 3.66. The number of aromatic amines is 1. The third-order valence-electron chi connectivity index (χ3n) is 5.74. The summed E-state index contributed by atoms with van der Waals surface area (Å²) < 4.78 is 3.07. The van der Waals surface area contributed by atoms with Crippen LogP contribution in [0.15, 0.2) is 58.3 Å². The van der Waals surface area contributed by atoms with E-state index in [1.54, 1.807) is 16.8 Å². The lowest BCUT2D eigenvalue weighted by Gasteiger charge is -2.25. The molecule has 0 radical (unpaired) electrons. The van der Waals surface area contributed by atoms with E-state index in [0.717, 1.165) is 30.8 Å². The van der Waals surface area contributed by atoms with Gasteiger partial charge in [0.15, 0.2) is 5.69 Å². The fraction of sp³-hybridized carbons (Fsp3) is 0.375. The number of rotatable bonds is 6. The first-order chi connectivity index (χ1) is 15.0. The lowest BCUT2D eigenvalue weighted by Crippen LogP contribution is -2.50. The zero-order valence-electron chi connectivity index (χ0n) is 18.2. The van der Waals surface area contributed by atoms with Gasteiger partial charge in [-0.3, -0.25) is 9.89 Å². The molecule has 0 bridgehead atoms. The molecule has 0 saturated carbocycles.